The summed E-state index contributed by atoms with van der Waals surface area (Å²) in [7, 11) is 3.00. The molecule has 1 aromatic carbocycles. The maximum absolute atomic E-state index is 11.6. The zero-order chi connectivity index (χ0) is 13.0. The largest absolute Gasteiger partial charge is 0.495 e. The molecule has 0 aromatic heterocycles. The van der Waals surface area contributed by atoms with E-state index in [4.69, 9.17) is 9.84 Å². The van der Waals surface area contributed by atoms with Crippen LogP contribution in [0.5, 0.6) is 5.75 Å². The van der Waals surface area contributed by atoms with Crippen LogP contribution >= 0.6 is 15.9 Å². The van der Waals surface area contributed by atoms with Crippen LogP contribution in [0.15, 0.2) is 22.7 Å². The maximum Gasteiger partial charge on any atom is 0.312 e. The number of carboxylic acid groups (broad SMARTS) is 1. The van der Waals surface area contributed by atoms with E-state index in [2.05, 4.69) is 15.9 Å². The van der Waals surface area contributed by atoms with Gasteiger partial charge in [0.05, 0.1) is 12.8 Å². The first-order chi connectivity index (χ1) is 7.95. The summed E-state index contributed by atoms with van der Waals surface area (Å²) in [4.78, 5) is 23.3. The Bertz CT molecular complexity index is 447. The second kappa shape index (κ2) is 5.67. The molecule has 6 heteroatoms. The molecule has 0 saturated heterocycles. The van der Waals surface area contributed by atoms with E-state index >= 15 is 0 Å². The van der Waals surface area contributed by atoms with Gasteiger partial charge < -0.3 is 14.7 Å². The number of carbonyl (C=O) groups excluding carboxylic acids is 1. The number of hydrogen-bond acceptors (Lipinski definition) is 3. The number of aliphatic carboxylic acids is 1. The number of carboxylic acids is 1. The Morgan fingerprint density at radius 1 is 1.47 bits per heavy atom. The van der Waals surface area contributed by atoms with Gasteiger partial charge in [0.2, 0.25) is 5.91 Å². The molecule has 0 saturated carbocycles. The molecule has 17 heavy (non-hydrogen) atoms. The Hall–Kier alpha value is -1.56. The third-order valence-corrected chi connectivity index (χ3v) is 2.67. The normalized spacial score (nSPS) is 9.82. The highest BCUT2D eigenvalue weighted by molar-refractivity contribution is 9.10. The van der Waals surface area contributed by atoms with Gasteiger partial charge in [-0.15, -0.1) is 0 Å². The third kappa shape index (κ3) is 3.45. The van der Waals surface area contributed by atoms with Crippen molar-refractivity contribution in [2.24, 2.45) is 0 Å². The van der Waals surface area contributed by atoms with Crippen molar-refractivity contribution >= 4 is 33.5 Å². The van der Waals surface area contributed by atoms with E-state index < -0.39 is 18.3 Å². The maximum atomic E-state index is 11.6. The molecule has 0 atom stereocenters. The summed E-state index contributed by atoms with van der Waals surface area (Å²) in [6.07, 6.45) is -0.549. The van der Waals surface area contributed by atoms with Gasteiger partial charge in [0, 0.05) is 11.5 Å². The van der Waals surface area contributed by atoms with Crippen molar-refractivity contribution in [3.05, 3.63) is 22.7 Å². The topological polar surface area (TPSA) is 66.8 Å². The number of halogens is 1. The average Bonchev–Trinajstić information content (AvgIpc) is 2.27. The number of amides is 1. The summed E-state index contributed by atoms with van der Waals surface area (Å²) in [5, 5.41) is 8.57. The Kier molecular flexibility index (Phi) is 4.51. The number of nitrogens with zero attached hydrogens (tertiary/aromatic N) is 1. The van der Waals surface area contributed by atoms with Crippen LogP contribution in [0, 0.1) is 0 Å². The number of carbonyl (C=O) groups is 2. The number of hydrogen-bond donors (Lipinski definition) is 1. The first-order valence-corrected chi connectivity index (χ1v) is 5.57. The molecule has 0 aliphatic carbocycles. The molecule has 5 nitrogen and oxygen atoms in total. The molecule has 0 aliphatic rings. The second-order valence-corrected chi connectivity index (χ2v) is 4.26. The highest BCUT2D eigenvalue weighted by Gasteiger charge is 2.18. The van der Waals surface area contributed by atoms with Crippen molar-refractivity contribution in [2.75, 3.05) is 19.1 Å². The minimum absolute atomic E-state index is 0.506. The lowest BCUT2D eigenvalue weighted by Gasteiger charge is -2.19. The van der Waals surface area contributed by atoms with Crippen molar-refractivity contribution in [1.82, 2.24) is 0 Å². The number of rotatable bonds is 4. The molecule has 0 heterocycles. The summed E-state index contributed by atoms with van der Waals surface area (Å²) in [5.41, 5.74) is 0.521. The minimum atomic E-state index is -1.16. The summed E-state index contributed by atoms with van der Waals surface area (Å²) in [6, 6.07) is 5.17. The second-order valence-electron chi connectivity index (χ2n) is 3.34. The van der Waals surface area contributed by atoms with E-state index in [0.717, 1.165) is 4.47 Å². The predicted molar refractivity (Wildman–Crippen MR) is 66.4 cm³/mol. The highest BCUT2D eigenvalue weighted by atomic mass is 79.9. The fourth-order valence-electron chi connectivity index (χ4n) is 1.31. The SMILES string of the molecule is COc1ccc(Br)cc1N(C)C(=O)CC(=O)O. The van der Waals surface area contributed by atoms with Gasteiger partial charge in [-0.2, -0.15) is 0 Å². The molecular formula is C11H12BrNO4. The van der Waals surface area contributed by atoms with Crippen molar-refractivity contribution in [3.8, 4) is 5.75 Å². The van der Waals surface area contributed by atoms with E-state index in [1.54, 1.807) is 18.2 Å². The molecule has 1 amide bonds. The minimum Gasteiger partial charge on any atom is -0.495 e. The molecular weight excluding hydrogens is 290 g/mol. The lowest BCUT2D eigenvalue weighted by molar-refractivity contribution is -0.140. The monoisotopic (exact) mass is 301 g/mol. The molecule has 0 bridgehead atoms. The van der Waals surface area contributed by atoms with E-state index in [9.17, 15) is 9.59 Å². The standard InChI is InChI=1S/C11H12BrNO4/c1-13(10(14)6-11(15)16)8-5-7(12)3-4-9(8)17-2/h3-5H,6H2,1-2H3,(H,15,16). The van der Waals surface area contributed by atoms with Crippen LogP contribution < -0.4 is 9.64 Å². The van der Waals surface area contributed by atoms with Gasteiger partial charge in [0.25, 0.3) is 0 Å². The van der Waals surface area contributed by atoms with Crippen LogP contribution in [0.25, 0.3) is 0 Å². The molecule has 0 aliphatic heterocycles. The zero-order valence-electron chi connectivity index (χ0n) is 9.44. The molecule has 1 N–H and O–H groups in total. The highest BCUT2D eigenvalue weighted by Crippen LogP contribution is 2.30. The Morgan fingerprint density at radius 2 is 2.12 bits per heavy atom. The van der Waals surface area contributed by atoms with Crippen LogP contribution in [0.1, 0.15) is 6.42 Å². The molecule has 0 spiro atoms. The Balaban J connectivity index is 3.01. The lowest BCUT2D eigenvalue weighted by Crippen LogP contribution is -2.28. The molecule has 1 aromatic rings. The first-order valence-electron chi connectivity index (χ1n) is 4.77. The summed E-state index contributed by atoms with van der Waals surface area (Å²) in [5.74, 6) is -1.15. The van der Waals surface area contributed by atoms with Crippen LogP contribution in [0.3, 0.4) is 0 Å². The van der Waals surface area contributed by atoms with Crippen LogP contribution in [0.4, 0.5) is 5.69 Å². The summed E-state index contributed by atoms with van der Waals surface area (Å²) < 4.78 is 5.90. The Labute approximate surface area is 107 Å². The number of benzene rings is 1. The molecule has 0 unspecified atom stereocenters. The van der Waals surface area contributed by atoms with Gasteiger partial charge in [0.15, 0.2) is 0 Å². The van der Waals surface area contributed by atoms with E-state index in [0.29, 0.717) is 11.4 Å². The van der Waals surface area contributed by atoms with Gasteiger partial charge >= 0.3 is 5.97 Å². The van der Waals surface area contributed by atoms with Crippen molar-refractivity contribution in [2.45, 2.75) is 6.42 Å². The van der Waals surface area contributed by atoms with Crippen LogP contribution in [0.2, 0.25) is 0 Å². The molecule has 0 radical (unpaired) electrons. The van der Waals surface area contributed by atoms with Crippen molar-refractivity contribution < 1.29 is 19.4 Å². The van der Waals surface area contributed by atoms with E-state index in [-0.39, 0.29) is 0 Å². The van der Waals surface area contributed by atoms with Crippen LogP contribution in [-0.2, 0) is 9.59 Å². The quantitative estimate of drug-likeness (QED) is 0.863. The van der Waals surface area contributed by atoms with Gasteiger partial charge in [-0.3, -0.25) is 9.59 Å². The Morgan fingerprint density at radius 3 is 2.65 bits per heavy atom. The van der Waals surface area contributed by atoms with Crippen molar-refractivity contribution in [3.63, 3.8) is 0 Å². The fraction of sp³-hybridized carbons (Fsp3) is 0.273. The predicted octanol–water partition coefficient (Wildman–Crippen LogP) is 1.90. The first kappa shape index (κ1) is 13.5. The number of anilines is 1. The zero-order valence-corrected chi connectivity index (χ0v) is 11.0. The lowest BCUT2D eigenvalue weighted by atomic mass is 10.2. The number of ether oxygens (including phenoxy) is 1. The summed E-state index contributed by atoms with van der Waals surface area (Å²) >= 11 is 3.28. The third-order valence-electron chi connectivity index (χ3n) is 2.18. The van der Waals surface area contributed by atoms with E-state index in [1.165, 1.54) is 19.1 Å². The molecule has 1 rings (SSSR count). The van der Waals surface area contributed by atoms with Gasteiger partial charge in [-0.25, -0.2) is 0 Å². The summed E-state index contributed by atoms with van der Waals surface area (Å²) in [6.45, 7) is 0. The molecule has 0 fully saturated rings. The average molecular weight is 302 g/mol. The van der Waals surface area contributed by atoms with Gasteiger partial charge in [-0.1, -0.05) is 15.9 Å². The molecule has 92 valence electrons. The number of methoxy groups -OCH3 is 1. The smallest absolute Gasteiger partial charge is 0.312 e. The fourth-order valence-corrected chi connectivity index (χ4v) is 1.66. The van der Waals surface area contributed by atoms with Crippen LogP contribution in [-0.4, -0.2) is 31.1 Å². The van der Waals surface area contributed by atoms with E-state index in [1.807, 2.05) is 0 Å². The van der Waals surface area contributed by atoms with Gasteiger partial charge in [-0.05, 0) is 18.2 Å². The van der Waals surface area contributed by atoms with Gasteiger partial charge in [0.1, 0.15) is 12.2 Å². The van der Waals surface area contributed by atoms with Crippen molar-refractivity contribution in [1.29, 1.82) is 0 Å².